The monoisotopic (exact) mass is 268 g/mol. The molecule has 20 heavy (non-hydrogen) atoms. The number of aromatic nitrogens is 2. The van der Waals surface area contributed by atoms with Crippen LogP contribution in [0.25, 0.3) is 11.8 Å². The molecule has 4 heteroatoms. The van der Waals surface area contributed by atoms with Gasteiger partial charge in [0.2, 0.25) is 0 Å². The smallest absolute Gasteiger partial charge is 0.328 e. The Hall–Kier alpha value is -2.36. The van der Waals surface area contributed by atoms with E-state index in [2.05, 4.69) is 11.2 Å². The van der Waals surface area contributed by atoms with Gasteiger partial charge in [-0.05, 0) is 55.2 Å². The summed E-state index contributed by atoms with van der Waals surface area (Å²) in [4.78, 5) is 10.5. The third kappa shape index (κ3) is 2.64. The zero-order chi connectivity index (χ0) is 14.1. The molecule has 102 valence electrons. The molecule has 0 amide bonds. The lowest BCUT2D eigenvalue weighted by atomic mass is 10.1. The van der Waals surface area contributed by atoms with Gasteiger partial charge in [0, 0.05) is 18.2 Å². The summed E-state index contributed by atoms with van der Waals surface area (Å²) in [5.41, 5.74) is 4.11. The van der Waals surface area contributed by atoms with Crippen LogP contribution in [0.1, 0.15) is 35.6 Å². The number of hydrogen-bond acceptors (Lipinski definition) is 2. The molecule has 0 unspecified atom stereocenters. The summed E-state index contributed by atoms with van der Waals surface area (Å²) in [6.07, 6.45) is 7.24. The summed E-state index contributed by atoms with van der Waals surface area (Å²) in [7, 11) is 0. The number of carbonyl (C=O) groups is 1. The van der Waals surface area contributed by atoms with E-state index in [0.717, 1.165) is 28.6 Å². The van der Waals surface area contributed by atoms with Crippen molar-refractivity contribution in [1.82, 2.24) is 9.78 Å². The molecular formula is C16H16N2O2. The third-order valence-electron chi connectivity index (χ3n) is 3.53. The van der Waals surface area contributed by atoms with Gasteiger partial charge in [-0.15, -0.1) is 0 Å². The molecule has 0 radical (unpaired) electrons. The predicted octanol–water partition coefficient (Wildman–Crippen LogP) is 3.16. The third-order valence-corrected chi connectivity index (χ3v) is 3.53. The fourth-order valence-corrected chi connectivity index (χ4v) is 2.23. The molecule has 4 nitrogen and oxygen atoms in total. The van der Waals surface area contributed by atoms with Gasteiger partial charge in [-0.25, -0.2) is 9.48 Å². The van der Waals surface area contributed by atoms with Gasteiger partial charge in [0.15, 0.2) is 0 Å². The summed E-state index contributed by atoms with van der Waals surface area (Å²) in [6.45, 7) is 1.97. The Morgan fingerprint density at radius 1 is 1.40 bits per heavy atom. The minimum Gasteiger partial charge on any atom is -0.478 e. The number of nitrogens with zero attached hydrogens (tertiary/aromatic N) is 2. The highest BCUT2D eigenvalue weighted by molar-refractivity contribution is 5.85. The first-order valence-electron chi connectivity index (χ1n) is 6.71. The van der Waals surface area contributed by atoms with Crippen LogP contribution in [-0.2, 0) is 4.79 Å². The van der Waals surface area contributed by atoms with Crippen LogP contribution in [0.15, 0.2) is 36.5 Å². The second-order valence-electron chi connectivity index (χ2n) is 5.17. The molecule has 1 aromatic carbocycles. The van der Waals surface area contributed by atoms with E-state index < -0.39 is 5.97 Å². The number of benzene rings is 1. The van der Waals surface area contributed by atoms with E-state index in [0.29, 0.717) is 5.92 Å². The fourth-order valence-electron chi connectivity index (χ4n) is 2.23. The molecule has 1 aliphatic carbocycles. The van der Waals surface area contributed by atoms with Gasteiger partial charge in [-0.1, -0.05) is 6.07 Å². The number of aryl methyl sites for hydroxylation is 1. The SMILES string of the molecule is Cc1cc(-n2ccc(C3CC3)n2)ccc1C=CC(=O)O. The van der Waals surface area contributed by atoms with E-state index in [1.165, 1.54) is 12.8 Å². The Bertz CT molecular complexity index is 682. The maximum atomic E-state index is 10.5. The molecule has 0 bridgehead atoms. The largest absolute Gasteiger partial charge is 0.478 e. The minimum atomic E-state index is -0.936. The minimum absolute atomic E-state index is 0.648. The van der Waals surface area contributed by atoms with Gasteiger partial charge in [0.05, 0.1) is 11.4 Å². The molecule has 0 saturated heterocycles. The van der Waals surface area contributed by atoms with Gasteiger partial charge < -0.3 is 5.11 Å². The van der Waals surface area contributed by atoms with Crippen LogP contribution >= 0.6 is 0 Å². The predicted molar refractivity (Wildman–Crippen MR) is 76.9 cm³/mol. The van der Waals surface area contributed by atoms with Crippen LogP contribution in [0.3, 0.4) is 0 Å². The van der Waals surface area contributed by atoms with Gasteiger partial charge in [-0.3, -0.25) is 0 Å². The summed E-state index contributed by atoms with van der Waals surface area (Å²) >= 11 is 0. The molecule has 1 heterocycles. The first-order chi connectivity index (χ1) is 9.63. The Morgan fingerprint density at radius 3 is 2.85 bits per heavy atom. The zero-order valence-corrected chi connectivity index (χ0v) is 11.3. The van der Waals surface area contributed by atoms with Crippen molar-refractivity contribution in [3.8, 4) is 5.69 Å². The van der Waals surface area contributed by atoms with Crippen LogP contribution in [-0.4, -0.2) is 20.9 Å². The molecule has 1 aliphatic rings. The highest BCUT2D eigenvalue weighted by Gasteiger charge is 2.25. The van der Waals surface area contributed by atoms with E-state index in [1.807, 2.05) is 36.0 Å². The van der Waals surface area contributed by atoms with Gasteiger partial charge in [0.1, 0.15) is 0 Å². The topological polar surface area (TPSA) is 55.1 Å². The Kier molecular flexibility index (Phi) is 3.14. The number of aliphatic carboxylic acids is 1. The van der Waals surface area contributed by atoms with Gasteiger partial charge >= 0.3 is 5.97 Å². The van der Waals surface area contributed by atoms with Crippen molar-refractivity contribution >= 4 is 12.0 Å². The van der Waals surface area contributed by atoms with E-state index in [-0.39, 0.29) is 0 Å². The zero-order valence-electron chi connectivity index (χ0n) is 11.3. The lowest BCUT2D eigenvalue weighted by molar-refractivity contribution is -0.131. The van der Waals surface area contributed by atoms with Crippen molar-refractivity contribution in [3.05, 3.63) is 53.4 Å². The summed E-state index contributed by atoms with van der Waals surface area (Å²) in [5, 5.41) is 13.3. The van der Waals surface area contributed by atoms with Crippen molar-refractivity contribution in [3.63, 3.8) is 0 Å². The molecule has 1 N–H and O–H groups in total. The van der Waals surface area contributed by atoms with Crippen LogP contribution < -0.4 is 0 Å². The molecule has 1 aromatic heterocycles. The maximum absolute atomic E-state index is 10.5. The van der Waals surface area contributed by atoms with Crippen molar-refractivity contribution in [1.29, 1.82) is 0 Å². The summed E-state index contributed by atoms with van der Waals surface area (Å²) < 4.78 is 1.88. The first kappa shape index (κ1) is 12.7. The van der Waals surface area contributed by atoms with Crippen LogP contribution in [0.2, 0.25) is 0 Å². The van der Waals surface area contributed by atoms with Crippen LogP contribution in [0.4, 0.5) is 0 Å². The molecule has 2 aromatic rings. The van der Waals surface area contributed by atoms with Gasteiger partial charge in [-0.2, -0.15) is 5.10 Å². The summed E-state index contributed by atoms with van der Waals surface area (Å²) in [6, 6.07) is 7.97. The Balaban J connectivity index is 1.86. The highest BCUT2D eigenvalue weighted by Crippen LogP contribution is 2.39. The van der Waals surface area contributed by atoms with E-state index in [1.54, 1.807) is 6.08 Å². The number of carboxylic acids is 1. The maximum Gasteiger partial charge on any atom is 0.328 e. The van der Waals surface area contributed by atoms with Crippen molar-refractivity contribution in [2.45, 2.75) is 25.7 Å². The standard InChI is InChI=1S/C16H16N2O2/c1-11-10-14(6-4-12(11)5-7-16(19)20)18-9-8-15(17-18)13-2-3-13/h4-10,13H,2-3H2,1H3,(H,19,20). The lowest BCUT2D eigenvalue weighted by Gasteiger charge is -2.05. The summed E-state index contributed by atoms with van der Waals surface area (Å²) in [5.74, 6) is -0.287. The Labute approximate surface area is 117 Å². The van der Waals surface area contributed by atoms with E-state index in [9.17, 15) is 4.79 Å². The average Bonchev–Trinajstić information content (AvgIpc) is 3.15. The molecule has 0 aliphatic heterocycles. The van der Waals surface area contributed by atoms with Crippen molar-refractivity contribution in [2.75, 3.05) is 0 Å². The molecule has 0 spiro atoms. The second kappa shape index (κ2) is 4.96. The quantitative estimate of drug-likeness (QED) is 0.867. The van der Waals surface area contributed by atoms with Crippen LogP contribution in [0.5, 0.6) is 0 Å². The Morgan fingerprint density at radius 2 is 2.20 bits per heavy atom. The van der Waals surface area contributed by atoms with E-state index in [4.69, 9.17) is 5.11 Å². The first-order valence-corrected chi connectivity index (χ1v) is 6.71. The normalized spacial score (nSPS) is 14.8. The number of carboxylic acid groups (broad SMARTS) is 1. The average molecular weight is 268 g/mol. The second-order valence-corrected chi connectivity index (χ2v) is 5.17. The van der Waals surface area contributed by atoms with E-state index >= 15 is 0 Å². The number of rotatable bonds is 4. The molecule has 3 rings (SSSR count). The number of hydrogen-bond donors (Lipinski definition) is 1. The van der Waals surface area contributed by atoms with Crippen molar-refractivity contribution < 1.29 is 9.90 Å². The van der Waals surface area contributed by atoms with Crippen LogP contribution in [0, 0.1) is 6.92 Å². The highest BCUT2D eigenvalue weighted by atomic mass is 16.4. The van der Waals surface area contributed by atoms with Gasteiger partial charge in [0.25, 0.3) is 0 Å². The fraction of sp³-hybridized carbons (Fsp3) is 0.250. The molecule has 0 atom stereocenters. The lowest BCUT2D eigenvalue weighted by Crippen LogP contribution is -1.97. The molecule has 1 fully saturated rings. The molecule has 1 saturated carbocycles. The van der Waals surface area contributed by atoms with Crippen molar-refractivity contribution in [2.24, 2.45) is 0 Å². The molecular weight excluding hydrogens is 252 g/mol.